The molecule has 13 heavy (non-hydrogen) atoms. The summed E-state index contributed by atoms with van der Waals surface area (Å²) in [4.78, 5) is 5.18. The minimum Gasteiger partial charge on any atom is -0.306 e. The van der Waals surface area contributed by atoms with Gasteiger partial charge in [0.2, 0.25) is 0 Å². The number of piperidine rings is 1. The molecule has 0 radical (unpaired) electrons. The highest BCUT2D eigenvalue weighted by Gasteiger charge is 2.35. The van der Waals surface area contributed by atoms with Crippen molar-refractivity contribution < 1.29 is 0 Å². The van der Waals surface area contributed by atoms with Gasteiger partial charge in [-0.25, -0.2) is 0 Å². The maximum Gasteiger partial charge on any atom is 0.0205 e. The summed E-state index contributed by atoms with van der Waals surface area (Å²) in [7, 11) is 2.24. The lowest BCUT2D eigenvalue weighted by Crippen LogP contribution is -2.51. The van der Waals surface area contributed by atoms with Crippen molar-refractivity contribution in [1.29, 1.82) is 0 Å². The Morgan fingerprint density at radius 3 is 2.00 bits per heavy atom. The van der Waals surface area contributed by atoms with E-state index in [0.29, 0.717) is 5.54 Å². The highest BCUT2D eigenvalue weighted by molar-refractivity contribution is 4.92. The van der Waals surface area contributed by atoms with E-state index in [-0.39, 0.29) is 0 Å². The molecule has 0 N–H and O–H groups in total. The molecule has 0 spiro atoms. The van der Waals surface area contributed by atoms with Gasteiger partial charge in [-0.15, -0.1) is 0 Å². The number of likely N-dealkylation sites (tertiary alicyclic amines) is 2. The van der Waals surface area contributed by atoms with Gasteiger partial charge in [0.1, 0.15) is 0 Å². The highest BCUT2D eigenvalue weighted by Crippen LogP contribution is 2.30. The Labute approximate surface area is 81.9 Å². The predicted octanol–water partition coefficient (Wildman–Crippen LogP) is 1.57. The molecule has 0 aromatic heterocycles. The van der Waals surface area contributed by atoms with Gasteiger partial charge in [-0.2, -0.15) is 0 Å². The van der Waals surface area contributed by atoms with Crippen LogP contribution >= 0.6 is 0 Å². The second-order valence-electron chi connectivity index (χ2n) is 4.99. The van der Waals surface area contributed by atoms with Gasteiger partial charge in [-0.1, -0.05) is 0 Å². The summed E-state index contributed by atoms with van der Waals surface area (Å²) in [6, 6.07) is 0. The van der Waals surface area contributed by atoms with Gasteiger partial charge in [0.05, 0.1) is 0 Å². The summed E-state index contributed by atoms with van der Waals surface area (Å²) in [5, 5.41) is 0. The summed E-state index contributed by atoms with van der Waals surface area (Å²) < 4.78 is 0. The van der Waals surface area contributed by atoms with Crippen LogP contribution in [-0.4, -0.2) is 48.6 Å². The first-order valence-electron chi connectivity index (χ1n) is 5.64. The number of rotatable bonds is 1. The van der Waals surface area contributed by atoms with Crippen LogP contribution in [0.25, 0.3) is 0 Å². The van der Waals surface area contributed by atoms with E-state index in [1.165, 1.54) is 51.9 Å². The van der Waals surface area contributed by atoms with Gasteiger partial charge in [-0.05, 0) is 65.8 Å². The van der Waals surface area contributed by atoms with Gasteiger partial charge >= 0.3 is 0 Å². The van der Waals surface area contributed by atoms with Crippen LogP contribution in [0.2, 0.25) is 0 Å². The van der Waals surface area contributed by atoms with Gasteiger partial charge < -0.3 is 4.90 Å². The first kappa shape index (κ1) is 9.47. The summed E-state index contributed by atoms with van der Waals surface area (Å²) in [5.74, 6) is 0. The van der Waals surface area contributed by atoms with E-state index in [9.17, 15) is 0 Å². The summed E-state index contributed by atoms with van der Waals surface area (Å²) >= 11 is 0. The molecular weight excluding hydrogens is 160 g/mol. The third kappa shape index (κ3) is 1.89. The molecule has 2 fully saturated rings. The van der Waals surface area contributed by atoms with E-state index in [2.05, 4.69) is 23.8 Å². The van der Waals surface area contributed by atoms with Crippen molar-refractivity contribution in [3.8, 4) is 0 Å². The monoisotopic (exact) mass is 182 g/mol. The lowest BCUT2D eigenvalue weighted by molar-refractivity contribution is 0.0610. The second kappa shape index (κ2) is 3.58. The van der Waals surface area contributed by atoms with Crippen molar-refractivity contribution in [3.63, 3.8) is 0 Å². The van der Waals surface area contributed by atoms with Crippen molar-refractivity contribution >= 4 is 0 Å². The van der Waals surface area contributed by atoms with Gasteiger partial charge in [0.15, 0.2) is 0 Å². The normalized spacial score (nSPS) is 30.9. The topological polar surface area (TPSA) is 6.48 Å². The van der Waals surface area contributed by atoms with Crippen LogP contribution in [0, 0.1) is 0 Å². The summed E-state index contributed by atoms with van der Waals surface area (Å²) in [5.41, 5.74) is 0.531. The SMILES string of the molecule is CN1CCC(C)(N2CCCC2)CC1. The molecule has 0 unspecified atom stereocenters. The maximum atomic E-state index is 2.72. The third-order valence-corrected chi connectivity index (χ3v) is 3.93. The summed E-state index contributed by atoms with van der Waals surface area (Å²) in [6.45, 7) is 7.73. The van der Waals surface area contributed by atoms with Crippen LogP contribution in [0.4, 0.5) is 0 Å². The lowest BCUT2D eigenvalue weighted by atomic mass is 9.88. The molecule has 0 atom stereocenters. The number of hydrogen-bond acceptors (Lipinski definition) is 2. The van der Waals surface area contributed by atoms with Gasteiger partial charge in [0.25, 0.3) is 0 Å². The van der Waals surface area contributed by atoms with Crippen LogP contribution in [0.15, 0.2) is 0 Å². The molecule has 76 valence electrons. The molecule has 0 aliphatic carbocycles. The fourth-order valence-corrected chi connectivity index (χ4v) is 2.67. The van der Waals surface area contributed by atoms with E-state index >= 15 is 0 Å². The first-order chi connectivity index (χ1) is 6.21. The molecule has 0 amide bonds. The Morgan fingerprint density at radius 1 is 0.923 bits per heavy atom. The molecule has 0 aromatic carbocycles. The smallest absolute Gasteiger partial charge is 0.0205 e. The molecule has 2 saturated heterocycles. The van der Waals surface area contributed by atoms with E-state index in [1.807, 2.05) is 0 Å². The zero-order valence-corrected chi connectivity index (χ0v) is 9.05. The maximum absolute atomic E-state index is 2.72. The standard InChI is InChI=1S/C11H22N2/c1-11(13-7-3-4-8-13)5-9-12(2)10-6-11/h3-10H2,1-2H3. The molecule has 2 rings (SSSR count). The minimum absolute atomic E-state index is 0.531. The molecule has 2 heteroatoms. The quantitative estimate of drug-likeness (QED) is 0.607. The van der Waals surface area contributed by atoms with E-state index in [1.54, 1.807) is 0 Å². The Bertz CT molecular complexity index is 165. The van der Waals surface area contributed by atoms with E-state index in [0.717, 1.165) is 0 Å². The van der Waals surface area contributed by atoms with Crippen molar-refractivity contribution in [1.82, 2.24) is 9.80 Å². The Kier molecular flexibility index (Phi) is 2.61. The van der Waals surface area contributed by atoms with Gasteiger partial charge in [-0.3, -0.25) is 4.90 Å². The highest BCUT2D eigenvalue weighted by atomic mass is 15.2. The van der Waals surface area contributed by atoms with Crippen LogP contribution < -0.4 is 0 Å². The van der Waals surface area contributed by atoms with Crippen molar-refractivity contribution in [2.24, 2.45) is 0 Å². The number of hydrogen-bond donors (Lipinski definition) is 0. The average Bonchev–Trinajstić information content (AvgIpc) is 2.63. The fourth-order valence-electron chi connectivity index (χ4n) is 2.67. The second-order valence-corrected chi connectivity index (χ2v) is 4.99. The summed E-state index contributed by atoms with van der Waals surface area (Å²) in [6.07, 6.45) is 5.57. The zero-order valence-electron chi connectivity index (χ0n) is 9.05. The average molecular weight is 182 g/mol. The molecule has 2 aliphatic heterocycles. The zero-order chi connectivity index (χ0) is 9.31. The van der Waals surface area contributed by atoms with E-state index < -0.39 is 0 Å². The van der Waals surface area contributed by atoms with Crippen LogP contribution in [0.5, 0.6) is 0 Å². The molecule has 2 aliphatic rings. The van der Waals surface area contributed by atoms with Crippen LogP contribution in [0.1, 0.15) is 32.6 Å². The Balaban J connectivity index is 1.95. The van der Waals surface area contributed by atoms with E-state index in [4.69, 9.17) is 0 Å². The van der Waals surface area contributed by atoms with Crippen LogP contribution in [-0.2, 0) is 0 Å². The largest absolute Gasteiger partial charge is 0.306 e. The minimum atomic E-state index is 0.531. The molecule has 0 saturated carbocycles. The fraction of sp³-hybridized carbons (Fsp3) is 1.00. The molecular formula is C11H22N2. The van der Waals surface area contributed by atoms with Gasteiger partial charge in [0, 0.05) is 5.54 Å². The Morgan fingerprint density at radius 2 is 1.46 bits per heavy atom. The molecule has 2 nitrogen and oxygen atoms in total. The van der Waals surface area contributed by atoms with Crippen LogP contribution in [0.3, 0.4) is 0 Å². The molecule has 0 bridgehead atoms. The number of nitrogens with zero attached hydrogens (tertiary/aromatic N) is 2. The first-order valence-corrected chi connectivity index (χ1v) is 5.64. The van der Waals surface area contributed by atoms with Crippen molar-refractivity contribution in [2.75, 3.05) is 33.2 Å². The predicted molar refractivity (Wildman–Crippen MR) is 55.9 cm³/mol. The third-order valence-electron chi connectivity index (χ3n) is 3.93. The molecule has 0 aromatic rings. The Hall–Kier alpha value is -0.0800. The van der Waals surface area contributed by atoms with Crippen molar-refractivity contribution in [3.05, 3.63) is 0 Å². The molecule has 2 heterocycles. The lowest BCUT2D eigenvalue weighted by Gasteiger charge is -2.44. The van der Waals surface area contributed by atoms with Crippen molar-refractivity contribution in [2.45, 2.75) is 38.1 Å².